The van der Waals surface area contributed by atoms with Crippen LogP contribution in [0.4, 0.5) is 5.69 Å². The molecule has 1 aliphatic heterocycles. The summed E-state index contributed by atoms with van der Waals surface area (Å²) in [5, 5.41) is 6.46. The summed E-state index contributed by atoms with van der Waals surface area (Å²) in [6, 6.07) is 7.72. The second kappa shape index (κ2) is 6.75. The number of anilines is 1. The molecule has 2 N–H and O–H groups in total. The van der Waals surface area contributed by atoms with Crippen molar-refractivity contribution in [3.05, 3.63) is 29.8 Å². The molecule has 1 aromatic rings. The highest BCUT2D eigenvalue weighted by Crippen LogP contribution is 2.18. The van der Waals surface area contributed by atoms with Gasteiger partial charge in [-0.3, -0.25) is 4.79 Å². The van der Waals surface area contributed by atoms with Gasteiger partial charge in [-0.25, -0.2) is 0 Å². The molecule has 4 heteroatoms. The second-order valence-corrected chi connectivity index (χ2v) is 5.88. The second-order valence-electron chi connectivity index (χ2n) is 5.88. The first-order valence-corrected chi connectivity index (χ1v) is 7.34. The van der Waals surface area contributed by atoms with E-state index >= 15 is 0 Å². The number of carbonyl (C=O) groups is 1. The molecular formula is C16H25N3O. The lowest BCUT2D eigenvalue weighted by Gasteiger charge is -2.29. The highest BCUT2D eigenvalue weighted by Gasteiger charge is 2.21. The van der Waals surface area contributed by atoms with Crippen LogP contribution >= 0.6 is 0 Å². The van der Waals surface area contributed by atoms with Crippen LogP contribution in [-0.2, 0) is 0 Å². The summed E-state index contributed by atoms with van der Waals surface area (Å²) in [6.07, 6.45) is 1.19. The van der Waals surface area contributed by atoms with Gasteiger partial charge in [-0.15, -0.1) is 0 Å². The average molecular weight is 275 g/mol. The van der Waals surface area contributed by atoms with Crippen molar-refractivity contribution in [2.24, 2.45) is 11.8 Å². The molecule has 1 saturated heterocycles. The first kappa shape index (κ1) is 14.9. The summed E-state index contributed by atoms with van der Waals surface area (Å²) >= 11 is 0. The van der Waals surface area contributed by atoms with E-state index in [0.717, 1.165) is 30.9 Å². The zero-order valence-corrected chi connectivity index (χ0v) is 12.6. The maximum Gasteiger partial charge on any atom is 0.251 e. The van der Waals surface area contributed by atoms with Crippen molar-refractivity contribution in [3.63, 3.8) is 0 Å². The third kappa shape index (κ3) is 3.73. The average Bonchev–Trinajstić information content (AvgIpc) is 2.46. The summed E-state index contributed by atoms with van der Waals surface area (Å²) in [7, 11) is 3.96. The van der Waals surface area contributed by atoms with Crippen molar-refractivity contribution in [1.29, 1.82) is 0 Å². The lowest BCUT2D eigenvalue weighted by molar-refractivity contribution is 0.0939. The zero-order chi connectivity index (χ0) is 14.5. The van der Waals surface area contributed by atoms with E-state index in [1.165, 1.54) is 6.42 Å². The molecule has 2 unspecified atom stereocenters. The van der Waals surface area contributed by atoms with Gasteiger partial charge in [0, 0.05) is 31.9 Å². The van der Waals surface area contributed by atoms with Gasteiger partial charge >= 0.3 is 0 Å². The van der Waals surface area contributed by atoms with E-state index < -0.39 is 0 Å². The zero-order valence-electron chi connectivity index (χ0n) is 12.6. The Balaban J connectivity index is 1.92. The van der Waals surface area contributed by atoms with E-state index in [1.807, 2.05) is 43.3 Å². The minimum atomic E-state index is 0.0199. The predicted molar refractivity (Wildman–Crippen MR) is 83.2 cm³/mol. The molecule has 0 saturated carbocycles. The number of piperidine rings is 1. The van der Waals surface area contributed by atoms with Crippen molar-refractivity contribution >= 4 is 11.6 Å². The van der Waals surface area contributed by atoms with Gasteiger partial charge in [0.05, 0.1) is 0 Å². The van der Waals surface area contributed by atoms with Crippen LogP contribution in [0.3, 0.4) is 0 Å². The quantitative estimate of drug-likeness (QED) is 0.879. The first-order valence-electron chi connectivity index (χ1n) is 7.34. The van der Waals surface area contributed by atoms with Crippen molar-refractivity contribution in [2.45, 2.75) is 13.3 Å². The molecule has 0 aromatic heterocycles. The van der Waals surface area contributed by atoms with Crippen molar-refractivity contribution in [2.75, 3.05) is 38.6 Å². The largest absolute Gasteiger partial charge is 0.378 e. The summed E-state index contributed by atoms with van der Waals surface area (Å²) in [6.45, 7) is 5.11. The number of amides is 1. The molecule has 110 valence electrons. The fourth-order valence-electron chi connectivity index (χ4n) is 2.58. The fraction of sp³-hybridized carbons (Fsp3) is 0.562. The Bertz CT molecular complexity index is 459. The number of carbonyl (C=O) groups excluding carboxylic acids is 1. The topological polar surface area (TPSA) is 44.4 Å². The summed E-state index contributed by atoms with van der Waals surface area (Å²) in [4.78, 5) is 14.2. The van der Waals surface area contributed by atoms with Crippen LogP contribution < -0.4 is 15.5 Å². The molecule has 4 nitrogen and oxygen atoms in total. The van der Waals surface area contributed by atoms with Gasteiger partial charge in [0.1, 0.15) is 0 Å². The van der Waals surface area contributed by atoms with Crippen LogP contribution in [0.25, 0.3) is 0 Å². The Labute approximate surface area is 121 Å². The fourth-order valence-corrected chi connectivity index (χ4v) is 2.58. The van der Waals surface area contributed by atoms with Crippen molar-refractivity contribution in [3.8, 4) is 0 Å². The van der Waals surface area contributed by atoms with E-state index in [4.69, 9.17) is 0 Å². The molecule has 0 bridgehead atoms. The van der Waals surface area contributed by atoms with Gasteiger partial charge in [0.25, 0.3) is 5.91 Å². The van der Waals surface area contributed by atoms with Crippen LogP contribution in [-0.4, -0.2) is 39.6 Å². The normalized spacial score (nSPS) is 22.4. The number of hydrogen-bond donors (Lipinski definition) is 2. The van der Waals surface area contributed by atoms with Gasteiger partial charge in [-0.05, 0) is 49.5 Å². The Kier molecular flexibility index (Phi) is 5.01. The van der Waals surface area contributed by atoms with E-state index in [9.17, 15) is 4.79 Å². The maximum absolute atomic E-state index is 12.2. The number of rotatable bonds is 4. The minimum Gasteiger partial charge on any atom is -0.378 e. The van der Waals surface area contributed by atoms with Crippen molar-refractivity contribution in [1.82, 2.24) is 10.6 Å². The number of benzene rings is 1. The molecule has 1 fully saturated rings. The highest BCUT2D eigenvalue weighted by molar-refractivity contribution is 5.95. The molecule has 0 radical (unpaired) electrons. The minimum absolute atomic E-state index is 0.0199. The van der Waals surface area contributed by atoms with Crippen LogP contribution in [0, 0.1) is 11.8 Å². The van der Waals surface area contributed by atoms with Gasteiger partial charge in [-0.1, -0.05) is 13.0 Å². The van der Waals surface area contributed by atoms with Crippen LogP contribution in [0.2, 0.25) is 0 Å². The smallest absolute Gasteiger partial charge is 0.251 e. The van der Waals surface area contributed by atoms with Gasteiger partial charge in [0.2, 0.25) is 0 Å². The van der Waals surface area contributed by atoms with E-state index in [2.05, 4.69) is 17.6 Å². The maximum atomic E-state index is 12.2. The number of hydrogen-bond acceptors (Lipinski definition) is 3. The van der Waals surface area contributed by atoms with Crippen LogP contribution in [0.15, 0.2) is 24.3 Å². The molecule has 1 heterocycles. The van der Waals surface area contributed by atoms with E-state index in [0.29, 0.717) is 11.8 Å². The Morgan fingerprint density at radius 3 is 2.95 bits per heavy atom. The molecule has 1 aliphatic rings. The Morgan fingerprint density at radius 2 is 2.25 bits per heavy atom. The van der Waals surface area contributed by atoms with Crippen molar-refractivity contribution < 1.29 is 4.79 Å². The van der Waals surface area contributed by atoms with Crippen LogP contribution in [0.1, 0.15) is 23.7 Å². The third-order valence-corrected chi connectivity index (χ3v) is 4.14. The summed E-state index contributed by atoms with van der Waals surface area (Å²) < 4.78 is 0. The predicted octanol–water partition coefficient (Wildman–Crippen LogP) is 1.73. The van der Waals surface area contributed by atoms with Gasteiger partial charge in [0.15, 0.2) is 0 Å². The summed E-state index contributed by atoms with van der Waals surface area (Å²) in [5.41, 5.74) is 1.78. The first-order chi connectivity index (χ1) is 9.58. The van der Waals surface area contributed by atoms with E-state index in [1.54, 1.807) is 0 Å². The monoisotopic (exact) mass is 275 g/mol. The molecule has 2 rings (SSSR count). The molecule has 2 atom stereocenters. The molecule has 0 spiro atoms. The number of nitrogens with one attached hydrogen (secondary N) is 2. The lowest BCUT2D eigenvalue weighted by Crippen LogP contribution is -2.42. The SMILES string of the molecule is CC1CCNCC1CNC(=O)c1cccc(N(C)C)c1. The van der Waals surface area contributed by atoms with Gasteiger partial charge < -0.3 is 15.5 Å². The molecule has 1 amide bonds. The van der Waals surface area contributed by atoms with E-state index in [-0.39, 0.29) is 5.91 Å². The number of nitrogens with zero attached hydrogens (tertiary/aromatic N) is 1. The third-order valence-electron chi connectivity index (χ3n) is 4.14. The molecule has 20 heavy (non-hydrogen) atoms. The standard InChI is InChI=1S/C16H25N3O/c1-12-7-8-17-10-14(12)11-18-16(20)13-5-4-6-15(9-13)19(2)3/h4-6,9,12,14,17H,7-8,10-11H2,1-3H3,(H,18,20). The molecule has 0 aliphatic carbocycles. The molecular weight excluding hydrogens is 250 g/mol. The Morgan fingerprint density at radius 1 is 1.45 bits per heavy atom. The molecule has 1 aromatic carbocycles. The Hall–Kier alpha value is -1.55. The lowest BCUT2D eigenvalue weighted by atomic mass is 9.88. The highest BCUT2D eigenvalue weighted by atomic mass is 16.1. The summed E-state index contributed by atoms with van der Waals surface area (Å²) in [5.74, 6) is 1.22. The van der Waals surface area contributed by atoms with Gasteiger partial charge in [-0.2, -0.15) is 0 Å². The van der Waals surface area contributed by atoms with Crippen LogP contribution in [0.5, 0.6) is 0 Å².